The third kappa shape index (κ3) is 5.85. The van der Waals surface area contributed by atoms with Gasteiger partial charge in [-0.3, -0.25) is 9.78 Å². The molecule has 0 spiro atoms. The average molecular weight is 265 g/mol. The Kier molecular flexibility index (Phi) is 5.78. The van der Waals surface area contributed by atoms with Gasteiger partial charge in [0, 0.05) is 18.7 Å². The van der Waals surface area contributed by atoms with Crippen molar-refractivity contribution in [3.8, 4) is 0 Å². The number of amides is 2. The molecule has 0 fully saturated rings. The van der Waals surface area contributed by atoms with Crippen LogP contribution in [0.4, 0.5) is 4.79 Å². The first kappa shape index (κ1) is 14.9. The summed E-state index contributed by atoms with van der Waals surface area (Å²) in [4.78, 5) is 26.2. The van der Waals surface area contributed by atoms with Gasteiger partial charge in [0.25, 0.3) is 0 Å². The molecule has 1 heterocycles. The number of pyridine rings is 1. The Balaban J connectivity index is 2.32. The Labute approximate surface area is 112 Å². The van der Waals surface area contributed by atoms with Crippen LogP contribution in [-0.2, 0) is 11.3 Å². The van der Waals surface area contributed by atoms with E-state index in [0.29, 0.717) is 13.0 Å². The Bertz CT molecular complexity index is 449. The van der Waals surface area contributed by atoms with E-state index in [9.17, 15) is 9.59 Å². The average Bonchev–Trinajstić information content (AvgIpc) is 2.35. The minimum Gasteiger partial charge on any atom is -0.481 e. The van der Waals surface area contributed by atoms with Crippen molar-refractivity contribution in [2.45, 2.75) is 39.3 Å². The van der Waals surface area contributed by atoms with Gasteiger partial charge in [0.05, 0.1) is 12.2 Å². The lowest BCUT2D eigenvalue weighted by atomic mass is 10.2. The maximum Gasteiger partial charge on any atom is 0.315 e. The Morgan fingerprint density at radius 1 is 1.47 bits per heavy atom. The van der Waals surface area contributed by atoms with E-state index in [0.717, 1.165) is 11.3 Å². The molecule has 1 aromatic rings. The molecular formula is C13H19N3O3. The fourth-order valence-electron chi connectivity index (χ4n) is 1.55. The molecule has 0 saturated carbocycles. The van der Waals surface area contributed by atoms with Crippen LogP contribution in [0.3, 0.4) is 0 Å². The summed E-state index contributed by atoms with van der Waals surface area (Å²) in [5, 5.41) is 13.9. The van der Waals surface area contributed by atoms with E-state index in [-0.39, 0.29) is 18.5 Å². The number of aryl methyl sites for hydroxylation is 1. The van der Waals surface area contributed by atoms with E-state index in [1.165, 1.54) is 0 Å². The molecule has 3 N–H and O–H groups in total. The number of nitrogens with zero attached hydrogens (tertiary/aromatic N) is 1. The lowest BCUT2D eigenvalue weighted by molar-refractivity contribution is -0.137. The summed E-state index contributed by atoms with van der Waals surface area (Å²) in [7, 11) is 0. The molecule has 0 bridgehead atoms. The molecule has 1 atom stereocenters. The molecule has 0 aliphatic rings. The number of hydrogen-bond donors (Lipinski definition) is 3. The van der Waals surface area contributed by atoms with E-state index >= 15 is 0 Å². The number of aromatic nitrogens is 1. The highest BCUT2D eigenvalue weighted by molar-refractivity contribution is 5.74. The van der Waals surface area contributed by atoms with E-state index in [1.807, 2.05) is 19.1 Å². The van der Waals surface area contributed by atoms with Crippen molar-refractivity contribution < 1.29 is 14.7 Å². The van der Waals surface area contributed by atoms with Crippen molar-refractivity contribution in [2.75, 3.05) is 0 Å². The summed E-state index contributed by atoms with van der Waals surface area (Å²) in [5.74, 6) is -0.863. The van der Waals surface area contributed by atoms with Gasteiger partial charge >= 0.3 is 12.0 Å². The maximum atomic E-state index is 11.6. The quantitative estimate of drug-likeness (QED) is 0.726. The molecule has 0 aliphatic heterocycles. The molecule has 19 heavy (non-hydrogen) atoms. The molecule has 1 aromatic heterocycles. The van der Waals surface area contributed by atoms with Crippen LogP contribution in [0.1, 0.15) is 31.0 Å². The number of carboxylic acid groups (broad SMARTS) is 1. The van der Waals surface area contributed by atoms with E-state index in [4.69, 9.17) is 5.11 Å². The van der Waals surface area contributed by atoms with E-state index < -0.39 is 5.97 Å². The lowest BCUT2D eigenvalue weighted by Gasteiger charge is -2.14. The van der Waals surface area contributed by atoms with Crippen molar-refractivity contribution in [1.82, 2.24) is 15.6 Å². The molecule has 1 rings (SSSR count). The number of carbonyl (C=O) groups excluding carboxylic acids is 1. The summed E-state index contributed by atoms with van der Waals surface area (Å²) in [6.45, 7) is 4.05. The third-order valence-corrected chi connectivity index (χ3v) is 2.70. The molecular weight excluding hydrogens is 246 g/mol. The zero-order chi connectivity index (χ0) is 14.3. The van der Waals surface area contributed by atoms with Gasteiger partial charge < -0.3 is 15.7 Å². The molecule has 6 heteroatoms. The van der Waals surface area contributed by atoms with Crippen LogP contribution < -0.4 is 10.6 Å². The molecule has 1 unspecified atom stereocenters. The topological polar surface area (TPSA) is 91.3 Å². The van der Waals surface area contributed by atoms with Gasteiger partial charge in [-0.15, -0.1) is 0 Å². The Morgan fingerprint density at radius 2 is 2.21 bits per heavy atom. The van der Waals surface area contributed by atoms with Crippen LogP contribution in [-0.4, -0.2) is 28.1 Å². The third-order valence-electron chi connectivity index (χ3n) is 2.70. The van der Waals surface area contributed by atoms with Gasteiger partial charge in [-0.05, 0) is 31.9 Å². The summed E-state index contributed by atoms with van der Waals surface area (Å²) >= 11 is 0. The number of rotatable bonds is 6. The SMILES string of the molecule is Cc1cccnc1CNC(=O)NC(C)CCC(=O)O. The van der Waals surface area contributed by atoms with Gasteiger partial charge in [-0.2, -0.15) is 0 Å². The Hall–Kier alpha value is -2.11. The molecule has 6 nitrogen and oxygen atoms in total. The zero-order valence-corrected chi connectivity index (χ0v) is 11.1. The fourth-order valence-corrected chi connectivity index (χ4v) is 1.55. The predicted octanol–water partition coefficient (Wildman–Crippen LogP) is 1.44. The largest absolute Gasteiger partial charge is 0.481 e. The van der Waals surface area contributed by atoms with Gasteiger partial charge in [0.1, 0.15) is 0 Å². The lowest BCUT2D eigenvalue weighted by Crippen LogP contribution is -2.40. The van der Waals surface area contributed by atoms with E-state index in [2.05, 4.69) is 15.6 Å². The monoisotopic (exact) mass is 265 g/mol. The Morgan fingerprint density at radius 3 is 2.84 bits per heavy atom. The van der Waals surface area contributed by atoms with Crippen molar-refractivity contribution in [3.05, 3.63) is 29.6 Å². The first-order valence-corrected chi connectivity index (χ1v) is 6.15. The van der Waals surface area contributed by atoms with Crippen molar-refractivity contribution in [3.63, 3.8) is 0 Å². The predicted molar refractivity (Wildman–Crippen MR) is 70.7 cm³/mol. The van der Waals surface area contributed by atoms with Gasteiger partial charge in [0.2, 0.25) is 0 Å². The number of carboxylic acids is 1. The number of urea groups is 1. The van der Waals surface area contributed by atoms with Gasteiger partial charge in [-0.1, -0.05) is 6.07 Å². The van der Waals surface area contributed by atoms with Crippen LogP contribution in [0, 0.1) is 6.92 Å². The minimum absolute atomic E-state index is 0.0425. The second-order valence-corrected chi connectivity index (χ2v) is 4.43. The van der Waals surface area contributed by atoms with Crippen LogP contribution in [0.2, 0.25) is 0 Å². The highest BCUT2D eigenvalue weighted by Crippen LogP contribution is 2.02. The second-order valence-electron chi connectivity index (χ2n) is 4.43. The summed E-state index contributed by atoms with van der Waals surface area (Å²) < 4.78 is 0. The van der Waals surface area contributed by atoms with Crippen LogP contribution in [0.15, 0.2) is 18.3 Å². The molecule has 0 saturated heterocycles. The standard InChI is InChI=1S/C13H19N3O3/c1-9-4-3-7-14-11(9)8-15-13(19)16-10(2)5-6-12(17)18/h3-4,7,10H,5-6,8H2,1-2H3,(H,17,18)(H2,15,16,19). The van der Waals surface area contributed by atoms with Crippen LogP contribution >= 0.6 is 0 Å². The van der Waals surface area contributed by atoms with Crippen LogP contribution in [0.25, 0.3) is 0 Å². The zero-order valence-electron chi connectivity index (χ0n) is 11.1. The van der Waals surface area contributed by atoms with Crippen LogP contribution in [0.5, 0.6) is 0 Å². The fraction of sp³-hybridized carbons (Fsp3) is 0.462. The summed E-state index contributed by atoms with van der Waals surface area (Å²) in [6, 6.07) is 3.27. The highest BCUT2D eigenvalue weighted by Gasteiger charge is 2.09. The van der Waals surface area contributed by atoms with Crippen molar-refractivity contribution in [1.29, 1.82) is 0 Å². The normalized spacial score (nSPS) is 11.7. The molecule has 2 amide bonds. The number of carbonyl (C=O) groups is 2. The first-order valence-electron chi connectivity index (χ1n) is 6.15. The second kappa shape index (κ2) is 7.35. The van der Waals surface area contributed by atoms with Crippen molar-refractivity contribution >= 4 is 12.0 Å². The molecule has 0 aliphatic carbocycles. The maximum absolute atomic E-state index is 11.6. The number of aliphatic carboxylic acids is 1. The van der Waals surface area contributed by atoms with Crippen molar-refractivity contribution in [2.24, 2.45) is 0 Å². The number of nitrogens with one attached hydrogen (secondary N) is 2. The molecule has 0 radical (unpaired) electrons. The smallest absolute Gasteiger partial charge is 0.315 e. The van der Waals surface area contributed by atoms with Gasteiger partial charge in [0.15, 0.2) is 0 Å². The molecule has 104 valence electrons. The summed E-state index contributed by atoms with van der Waals surface area (Å²) in [5.41, 5.74) is 1.83. The summed E-state index contributed by atoms with van der Waals surface area (Å²) in [6.07, 6.45) is 2.13. The number of hydrogen-bond acceptors (Lipinski definition) is 3. The molecule has 0 aromatic carbocycles. The van der Waals surface area contributed by atoms with E-state index in [1.54, 1.807) is 13.1 Å². The first-order chi connectivity index (χ1) is 8.99. The van der Waals surface area contributed by atoms with Gasteiger partial charge in [-0.25, -0.2) is 4.79 Å². The minimum atomic E-state index is -0.863. The highest BCUT2D eigenvalue weighted by atomic mass is 16.4.